The first-order chi connectivity index (χ1) is 11.4. The third-order valence-corrected chi connectivity index (χ3v) is 3.44. The highest BCUT2D eigenvalue weighted by molar-refractivity contribution is 5.96. The number of fused-ring (bicyclic) bond motifs is 1. The van der Waals surface area contributed by atoms with Crippen molar-refractivity contribution in [1.29, 1.82) is 0 Å². The minimum Gasteiger partial charge on any atom is -0.344 e. The number of nitrogens with zero attached hydrogens (tertiary/aromatic N) is 1. The SMILES string of the molecule is CC(=O)NC(C(=O)NNC(=O)c1ccc2ccccc2n1)C(C)C. The van der Waals surface area contributed by atoms with E-state index >= 15 is 0 Å². The molecule has 0 aliphatic rings. The van der Waals surface area contributed by atoms with Gasteiger partial charge < -0.3 is 5.32 Å². The lowest BCUT2D eigenvalue weighted by Crippen LogP contribution is -2.54. The van der Waals surface area contributed by atoms with E-state index in [1.165, 1.54) is 6.92 Å². The van der Waals surface area contributed by atoms with E-state index in [1.807, 2.05) is 18.2 Å². The summed E-state index contributed by atoms with van der Waals surface area (Å²) in [5.41, 5.74) is 5.52. The Hall–Kier alpha value is -2.96. The van der Waals surface area contributed by atoms with Crippen LogP contribution in [0.5, 0.6) is 0 Å². The van der Waals surface area contributed by atoms with Gasteiger partial charge in [0.25, 0.3) is 11.8 Å². The maximum absolute atomic E-state index is 12.1. The van der Waals surface area contributed by atoms with Crippen molar-refractivity contribution >= 4 is 28.6 Å². The van der Waals surface area contributed by atoms with E-state index < -0.39 is 17.9 Å². The molecule has 1 heterocycles. The smallest absolute Gasteiger partial charge is 0.288 e. The Morgan fingerprint density at radius 3 is 2.38 bits per heavy atom. The molecule has 0 saturated heterocycles. The summed E-state index contributed by atoms with van der Waals surface area (Å²) in [5.74, 6) is -1.45. The highest BCUT2D eigenvalue weighted by atomic mass is 16.2. The highest BCUT2D eigenvalue weighted by Crippen LogP contribution is 2.11. The zero-order chi connectivity index (χ0) is 17.7. The Morgan fingerprint density at radius 2 is 1.71 bits per heavy atom. The maximum Gasteiger partial charge on any atom is 0.288 e. The minimum atomic E-state index is -0.729. The van der Waals surface area contributed by atoms with E-state index in [1.54, 1.807) is 32.0 Å². The topological polar surface area (TPSA) is 100 Å². The van der Waals surface area contributed by atoms with Crippen LogP contribution in [0.4, 0.5) is 0 Å². The van der Waals surface area contributed by atoms with Crippen molar-refractivity contribution < 1.29 is 14.4 Å². The standard InChI is InChI=1S/C17H20N4O3/c1-10(2)15(18-11(3)22)17(24)21-20-16(23)14-9-8-12-6-4-5-7-13(12)19-14/h4-10,15H,1-3H3,(H,18,22)(H,20,23)(H,21,24). The first-order valence-corrected chi connectivity index (χ1v) is 7.61. The monoisotopic (exact) mass is 328 g/mol. The van der Waals surface area contributed by atoms with Gasteiger partial charge in [0.1, 0.15) is 11.7 Å². The molecule has 0 fully saturated rings. The molecule has 1 unspecified atom stereocenters. The first-order valence-electron chi connectivity index (χ1n) is 7.61. The van der Waals surface area contributed by atoms with Gasteiger partial charge in [-0.3, -0.25) is 25.2 Å². The molecule has 0 spiro atoms. The summed E-state index contributed by atoms with van der Waals surface area (Å²) in [5, 5.41) is 3.47. The summed E-state index contributed by atoms with van der Waals surface area (Å²) in [6, 6.07) is 10.1. The predicted octanol–water partition coefficient (Wildman–Crippen LogP) is 1.16. The van der Waals surface area contributed by atoms with Crippen molar-refractivity contribution in [2.45, 2.75) is 26.8 Å². The quantitative estimate of drug-likeness (QED) is 0.733. The van der Waals surface area contributed by atoms with Gasteiger partial charge in [0.2, 0.25) is 5.91 Å². The van der Waals surface area contributed by atoms with Crippen LogP contribution in [0.2, 0.25) is 0 Å². The molecule has 2 rings (SSSR count). The van der Waals surface area contributed by atoms with Gasteiger partial charge in [-0.05, 0) is 18.1 Å². The molecule has 7 nitrogen and oxygen atoms in total. The fourth-order valence-electron chi connectivity index (χ4n) is 2.21. The molecule has 0 radical (unpaired) electrons. The molecule has 0 saturated carbocycles. The largest absolute Gasteiger partial charge is 0.344 e. The van der Waals surface area contributed by atoms with Gasteiger partial charge in [0.15, 0.2) is 0 Å². The van der Waals surface area contributed by atoms with Gasteiger partial charge in [0.05, 0.1) is 5.52 Å². The van der Waals surface area contributed by atoms with Gasteiger partial charge in [-0.1, -0.05) is 38.1 Å². The molecule has 2 aromatic rings. The maximum atomic E-state index is 12.1. The molecule has 3 N–H and O–H groups in total. The second-order valence-electron chi connectivity index (χ2n) is 5.75. The summed E-state index contributed by atoms with van der Waals surface area (Å²) < 4.78 is 0. The number of pyridine rings is 1. The van der Waals surface area contributed by atoms with Crippen LogP contribution in [0.3, 0.4) is 0 Å². The highest BCUT2D eigenvalue weighted by Gasteiger charge is 2.23. The second-order valence-corrected chi connectivity index (χ2v) is 5.75. The number of para-hydroxylation sites is 1. The van der Waals surface area contributed by atoms with Crippen LogP contribution in [0, 0.1) is 5.92 Å². The number of carbonyl (C=O) groups excluding carboxylic acids is 3. The molecular formula is C17H20N4O3. The lowest BCUT2D eigenvalue weighted by Gasteiger charge is -2.20. The van der Waals surface area contributed by atoms with Gasteiger partial charge >= 0.3 is 0 Å². The molecule has 1 aromatic heterocycles. The fraction of sp³-hybridized carbons (Fsp3) is 0.294. The van der Waals surface area contributed by atoms with Crippen molar-refractivity contribution in [3.63, 3.8) is 0 Å². The Labute approximate surface area is 139 Å². The van der Waals surface area contributed by atoms with Crippen molar-refractivity contribution in [3.8, 4) is 0 Å². The van der Waals surface area contributed by atoms with E-state index in [-0.39, 0.29) is 17.5 Å². The number of carbonyl (C=O) groups is 3. The van der Waals surface area contributed by atoms with E-state index in [2.05, 4.69) is 21.2 Å². The van der Waals surface area contributed by atoms with Crippen LogP contribution in [0.15, 0.2) is 36.4 Å². The fourth-order valence-corrected chi connectivity index (χ4v) is 2.21. The van der Waals surface area contributed by atoms with Gasteiger partial charge in [-0.15, -0.1) is 0 Å². The molecule has 7 heteroatoms. The Morgan fingerprint density at radius 1 is 1.00 bits per heavy atom. The van der Waals surface area contributed by atoms with E-state index in [0.29, 0.717) is 5.52 Å². The van der Waals surface area contributed by atoms with Crippen molar-refractivity contribution in [2.24, 2.45) is 5.92 Å². The van der Waals surface area contributed by atoms with Crippen LogP contribution >= 0.6 is 0 Å². The van der Waals surface area contributed by atoms with E-state index in [0.717, 1.165) is 5.39 Å². The molecule has 3 amide bonds. The summed E-state index contributed by atoms with van der Waals surface area (Å²) in [7, 11) is 0. The zero-order valence-electron chi connectivity index (χ0n) is 13.8. The number of amides is 3. The molecule has 0 aliphatic heterocycles. The average Bonchev–Trinajstić information content (AvgIpc) is 2.56. The summed E-state index contributed by atoms with van der Waals surface area (Å²) >= 11 is 0. The van der Waals surface area contributed by atoms with Crippen molar-refractivity contribution in [2.75, 3.05) is 0 Å². The summed E-state index contributed by atoms with van der Waals surface area (Å²) in [4.78, 5) is 39.6. The molecule has 1 atom stereocenters. The number of hydrogen-bond donors (Lipinski definition) is 3. The van der Waals surface area contributed by atoms with Crippen LogP contribution < -0.4 is 16.2 Å². The molecule has 1 aromatic carbocycles. The number of benzene rings is 1. The summed E-state index contributed by atoms with van der Waals surface area (Å²) in [6.07, 6.45) is 0. The number of rotatable bonds is 4. The van der Waals surface area contributed by atoms with Crippen molar-refractivity contribution in [3.05, 3.63) is 42.1 Å². The van der Waals surface area contributed by atoms with Crippen LogP contribution in [-0.4, -0.2) is 28.7 Å². The summed E-state index contributed by atoms with van der Waals surface area (Å²) in [6.45, 7) is 4.93. The molecule has 126 valence electrons. The second kappa shape index (κ2) is 7.54. The lowest BCUT2D eigenvalue weighted by atomic mass is 10.0. The Balaban J connectivity index is 2.02. The van der Waals surface area contributed by atoms with E-state index in [9.17, 15) is 14.4 Å². The Bertz CT molecular complexity index is 773. The van der Waals surface area contributed by atoms with Crippen molar-refractivity contribution in [1.82, 2.24) is 21.2 Å². The molecule has 24 heavy (non-hydrogen) atoms. The number of nitrogens with one attached hydrogen (secondary N) is 3. The van der Waals surface area contributed by atoms with Crippen LogP contribution in [0.25, 0.3) is 10.9 Å². The average molecular weight is 328 g/mol. The lowest BCUT2D eigenvalue weighted by molar-refractivity contribution is -0.129. The number of hydrogen-bond acceptors (Lipinski definition) is 4. The predicted molar refractivity (Wildman–Crippen MR) is 89.8 cm³/mol. The third-order valence-electron chi connectivity index (χ3n) is 3.44. The third kappa shape index (κ3) is 4.28. The Kier molecular flexibility index (Phi) is 5.47. The van der Waals surface area contributed by atoms with E-state index in [4.69, 9.17) is 0 Å². The minimum absolute atomic E-state index is 0.121. The zero-order valence-corrected chi connectivity index (χ0v) is 13.8. The molecule has 0 bridgehead atoms. The number of aromatic nitrogens is 1. The van der Waals surface area contributed by atoms with Gasteiger partial charge in [-0.2, -0.15) is 0 Å². The normalized spacial score (nSPS) is 11.8. The van der Waals surface area contributed by atoms with Crippen LogP contribution in [-0.2, 0) is 9.59 Å². The molecule has 0 aliphatic carbocycles. The molecular weight excluding hydrogens is 308 g/mol. The first kappa shape index (κ1) is 17.4. The van der Waals surface area contributed by atoms with Gasteiger partial charge in [-0.25, -0.2) is 4.98 Å². The van der Waals surface area contributed by atoms with Crippen LogP contribution in [0.1, 0.15) is 31.3 Å². The number of hydrazine groups is 1. The van der Waals surface area contributed by atoms with Gasteiger partial charge in [0, 0.05) is 12.3 Å².